The summed E-state index contributed by atoms with van der Waals surface area (Å²) >= 11 is 1.45. The number of fused-ring (bicyclic) bond motifs is 1. The summed E-state index contributed by atoms with van der Waals surface area (Å²) in [5, 5.41) is 25.5. The van der Waals surface area contributed by atoms with Gasteiger partial charge >= 0.3 is 12.0 Å². The summed E-state index contributed by atoms with van der Waals surface area (Å²) in [4.78, 5) is 66.3. The molecule has 0 bridgehead atoms. The smallest absolute Gasteiger partial charge is 0.329 e. The average Bonchev–Trinajstić information content (AvgIpc) is 3.46. The SMILES string of the molecule is CCCCCCCC1C[C@]1(NC(=O)[C@@H]1C[C@](C)(Oc2cc(-c3csc(NC(C)C)n3)nc3cc(OC)ccc23)CN1C(=O)CNC(=O)NC(CN1CCN(C(C)C)S1(=O)=O)C(C)(C)C)C(=O)O. The van der Waals surface area contributed by atoms with Gasteiger partial charge in [-0.1, -0.05) is 59.8 Å². The predicted octanol–water partition coefficient (Wildman–Crippen LogP) is 6.23. The highest BCUT2D eigenvalue weighted by Crippen LogP contribution is 2.48. The second-order valence-electron chi connectivity index (χ2n) is 20.2. The minimum Gasteiger partial charge on any atom is -0.497 e. The van der Waals surface area contributed by atoms with Crippen LogP contribution in [0.25, 0.3) is 22.3 Å². The number of hydrogen-bond donors (Lipinski definition) is 5. The van der Waals surface area contributed by atoms with Crippen LogP contribution in [-0.2, 0) is 24.6 Å². The summed E-state index contributed by atoms with van der Waals surface area (Å²) in [6.07, 6.45) is 6.06. The molecule has 18 nitrogen and oxygen atoms in total. The Morgan fingerprint density at radius 2 is 1.73 bits per heavy atom. The lowest BCUT2D eigenvalue weighted by Gasteiger charge is -2.34. The lowest BCUT2D eigenvalue weighted by Crippen LogP contribution is -2.56. The second-order valence-corrected chi connectivity index (χ2v) is 22.9. The minimum atomic E-state index is -3.73. The Labute approximate surface area is 399 Å². The molecule has 5 atom stereocenters. The van der Waals surface area contributed by atoms with Gasteiger partial charge in [0.2, 0.25) is 11.8 Å². The molecule has 0 radical (unpaired) electrons. The van der Waals surface area contributed by atoms with Gasteiger partial charge < -0.3 is 40.7 Å². The zero-order valence-electron chi connectivity index (χ0n) is 40.7. The highest BCUT2D eigenvalue weighted by molar-refractivity contribution is 7.87. The van der Waals surface area contributed by atoms with Crippen molar-refractivity contribution in [3.8, 4) is 22.9 Å². The fraction of sp³-hybridized carbons (Fsp3) is 0.660. The largest absolute Gasteiger partial charge is 0.497 e. The molecule has 2 saturated heterocycles. The first kappa shape index (κ1) is 51.6. The van der Waals surface area contributed by atoms with E-state index in [1.165, 1.54) is 24.8 Å². The van der Waals surface area contributed by atoms with E-state index in [0.717, 1.165) is 37.2 Å². The quantitative estimate of drug-likeness (QED) is 0.0750. The topological polar surface area (TPSA) is 225 Å². The first-order valence-corrected chi connectivity index (χ1v) is 25.8. The summed E-state index contributed by atoms with van der Waals surface area (Å²) < 4.78 is 41.8. The number of carbonyl (C=O) groups is 4. The van der Waals surface area contributed by atoms with E-state index in [0.29, 0.717) is 53.2 Å². The number of nitrogens with zero attached hydrogens (tertiary/aromatic N) is 5. The van der Waals surface area contributed by atoms with Crippen LogP contribution in [0, 0.1) is 11.3 Å². The molecule has 2 unspecified atom stereocenters. The van der Waals surface area contributed by atoms with Crippen LogP contribution in [0.1, 0.15) is 114 Å². The van der Waals surface area contributed by atoms with Gasteiger partial charge in [-0.3, -0.25) is 9.59 Å². The highest BCUT2D eigenvalue weighted by Gasteiger charge is 2.62. The van der Waals surface area contributed by atoms with Crippen molar-refractivity contribution in [2.24, 2.45) is 11.3 Å². The average molecular weight is 970 g/mol. The molecule has 3 fully saturated rings. The monoisotopic (exact) mass is 969 g/mol. The van der Waals surface area contributed by atoms with Crippen molar-refractivity contribution in [2.45, 2.75) is 149 Å². The molecule has 2 aromatic heterocycles. The van der Waals surface area contributed by atoms with Crippen LogP contribution in [0.5, 0.6) is 11.5 Å². The number of urea groups is 1. The van der Waals surface area contributed by atoms with Crippen molar-refractivity contribution >= 4 is 61.4 Å². The van der Waals surface area contributed by atoms with Gasteiger partial charge in [-0.05, 0) is 70.9 Å². The van der Waals surface area contributed by atoms with Crippen molar-refractivity contribution in [1.82, 2.24) is 39.4 Å². The number of aromatic nitrogens is 2. The van der Waals surface area contributed by atoms with Crippen LogP contribution in [0.4, 0.5) is 9.93 Å². The lowest BCUT2D eigenvalue weighted by atomic mass is 9.86. The fourth-order valence-corrected chi connectivity index (χ4v) is 11.7. The standard InChI is InChI=1S/C47H71N9O9S2/c1-11-12-13-14-15-16-31-23-47(31,42(59)60)53-41(58)37-24-46(9,65-38-22-35(36-27-66-44(51-36)49-29(2)3)50-34-21-32(64-10)17-18-33(34)38)28-55(37)40(57)25-48-43(61)52-39(45(6,7)8)26-54-19-20-56(30(4)5)67(54,62)63/h17-18,21-22,27,29-31,37,39H,11-16,19-20,23-26,28H2,1-10H3,(H,49,51)(H,53,58)(H,59,60)(H2,48,52,61)/t31?,37-,39?,46-,47+/m0/s1. The number of carboxylic acid groups (broad SMARTS) is 1. The van der Waals surface area contributed by atoms with Gasteiger partial charge in [-0.15, -0.1) is 11.3 Å². The third-order valence-electron chi connectivity index (χ3n) is 13.0. The lowest BCUT2D eigenvalue weighted by molar-refractivity contribution is -0.145. The summed E-state index contributed by atoms with van der Waals surface area (Å²) in [6.45, 7) is 17.4. The molecule has 2 aliphatic heterocycles. The molecule has 3 aromatic rings. The second kappa shape index (κ2) is 20.8. The third kappa shape index (κ3) is 12.1. The van der Waals surface area contributed by atoms with Crippen LogP contribution in [-0.4, -0.2) is 136 Å². The molecule has 4 amide bonds. The molecule has 3 aliphatic rings. The summed E-state index contributed by atoms with van der Waals surface area (Å²) in [7, 11) is -2.16. The summed E-state index contributed by atoms with van der Waals surface area (Å²) in [6, 6.07) is 4.69. The first-order valence-electron chi connectivity index (χ1n) is 23.6. The number of likely N-dealkylation sites (tertiary alicyclic amines) is 1. The number of amides is 4. The molecule has 5 N–H and O–H groups in total. The van der Waals surface area contributed by atoms with E-state index in [9.17, 15) is 32.7 Å². The number of rotatable bonds is 21. The summed E-state index contributed by atoms with van der Waals surface area (Å²) in [5.74, 6) is -1.54. The number of benzene rings is 1. The maximum absolute atomic E-state index is 14.5. The van der Waals surface area contributed by atoms with Crippen molar-refractivity contribution in [2.75, 3.05) is 45.2 Å². The zero-order valence-corrected chi connectivity index (χ0v) is 42.4. The molecule has 6 rings (SSSR count). The van der Waals surface area contributed by atoms with E-state index in [-0.39, 0.29) is 44.1 Å². The van der Waals surface area contributed by atoms with E-state index in [4.69, 9.17) is 19.4 Å². The van der Waals surface area contributed by atoms with Gasteiger partial charge in [0, 0.05) is 67.1 Å². The number of methoxy groups -OCH3 is 1. The third-order valence-corrected chi connectivity index (χ3v) is 16.0. The van der Waals surface area contributed by atoms with Crippen molar-refractivity contribution in [3.05, 3.63) is 29.6 Å². The zero-order chi connectivity index (χ0) is 49.1. The number of anilines is 1. The van der Waals surface area contributed by atoms with Gasteiger partial charge in [0.1, 0.15) is 34.4 Å². The number of hydrogen-bond acceptors (Lipinski definition) is 12. The first-order chi connectivity index (χ1) is 31.5. The fourth-order valence-electron chi connectivity index (χ4n) is 9.06. The van der Waals surface area contributed by atoms with Crippen LogP contribution >= 0.6 is 11.3 Å². The van der Waals surface area contributed by atoms with E-state index < -0.39 is 69.2 Å². The molecule has 4 heterocycles. The molecule has 1 aliphatic carbocycles. The van der Waals surface area contributed by atoms with E-state index in [2.05, 4.69) is 28.2 Å². The van der Waals surface area contributed by atoms with Gasteiger partial charge in [0.25, 0.3) is 10.2 Å². The Morgan fingerprint density at radius 1 is 1.00 bits per heavy atom. The van der Waals surface area contributed by atoms with Gasteiger partial charge in [0.05, 0.1) is 31.4 Å². The van der Waals surface area contributed by atoms with Gasteiger partial charge in [0.15, 0.2) is 5.13 Å². The van der Waals surface area contributed by atoms with Crippen LogP contribution in [0.3, 0.4) is 0 Å². The number of carboxylic acids is 1. The van der Waals surface area contributed by atoms with Crippen LogP contribution in [0.2, 0.25) is 0 Å². The number of unbranched alkanes of at least 4 members (excludes halogenated alkanes) is 4. The van der Waals surface area contributed by atoms with Crippen molar-refractivity contribution in [3.63, 3.8) is 0 Å². The maximum Gasteiger partial charge on any atom is 0.329 e. The van der Waals surface area contributed by atoms with Crippen LogP contribution < -0.4 is 30.7 Å². The molecule has 67 heavy (non-hydrogen) atoms. The van der Waals surface area contributed by atoms with E-state index in [1.54, 1.807) is 32.2 Å². The Hall–Kier alpha value is -4.79. The van der Waals surface area contributed by atoms with Gasteiger partial charge in [-0.2, -0.15) is 17.0 Å². The summed E-state index contributed by atoms with van der Waals surface area (Å²) in [5.41, 5.74) is -1.47. The molecule has 1 aromatic carbocycles. The van der Waals surface area contributed by atoms with Crippen LogP contribution in [0.15, 0.2) is 29.6 Å². The number of aliphatic carboxylic acids is 1. The predicted molar refractivity (Wildman–Crippen MR) is 259 cm³/mol. The maximum atomic E-state index is 14.5. The molecular weight excluding hydrogens is 899 g/mol. The number of ether oxygens (including phenoxy) is 2. The number of nitrogens with one attached hydrogen (secondary N) is 4. The molecule has 20 heteroatoms. The van der Waals surface area contributed by atoms with Crippen molar-refractivity contribution < 1.29 is 42.2 Å². The molecule has 1 saturated carbocycles. The van der Waals surface area contributed by atoms with Crippen molar-refractivity contribution in [1.29, 1.82) is 0 Å². The normalized spacial score (nSPS) is 23.4. The Kier molecular flexibility index (Phi) is 16.0. The molecule has 0 spiro atoms. The number of pyridine rings is 1. The van der Waals surface area contributed by atoms with Gasteiger partial charge in [-0.25, -0.2) is 19.6 Å². The van der Waals surface area contributed by atoms with E-state index >= 15 is 0 Å². The number of thiazole rings is 1. The molecule has 370 valence electrons. The Balaban J connectivity index is 1.25. The molecular formula is C47H71N9O9S2. The highest BCUT2D eigenvalue weighted by atomic mass is 32.2. The Morgan fingerprint density at radius 3 is 2.37 bits per heavy atom. The minimum absolute atomic E-state index is 0.00637. The van der Waals surface area contributed by atoms with E-state index in [1.807, 2.05) is 59.9 Å². The Bertz CT molecular complexity index is 2390. The number of carbonyl (C=O) groups excluding carboxylic acids is 3.